The lowest BCUT2D eigenvalue weighted by Gasteiger charge is -2.18. The fourth-order valence-corrected chi connectivity index (χ4v) is 2.23. The van der Waals surface area contributed by atoms with Crippen molar-refractivity contribution in [2.45, 2.75) is 18.6 Å². The van der Waals surface area contributed by atoms with E-state index in [9.17, 15) is 10.2 Å². The molecule has 2 N–H and O–H groups in total. The Morgan fingerprint density at radius 1 is 1.33 bits per heavy atom. The molecule has 1 rings (SSSR count). The Morgan fingerprint density at radius 3 is 2.53 bits per heavy atom. The molecule has 0 radical (unpaired) electrons. The molecule has 1 aromatic carbocycles. The third-order valence-corrected chi connectivity index (χ3v) is 3.09. The molecule has 84 valence electrons. The van der Waals surface area contributed by atoms with E-state index in [0.717, 1.165) is 4.47 Å². The molecule has 0 aliphatic carbocycles. The van der Waals surface area contributed by atoms with E-state index in [-0.39, 0.29) is 0 Å². The second-order valence-electron chi connectivity index (χ2n) is 3.16. The molecule has 0 spiro atoms. The summed E-state index contributed by atoms with van der Waals surface area (Å²) in [6.07, 6.45) is -1.56. The van der Waals surface area contributed by atoms with Gasteiger partial charge in [0.1, 0.15) is 6.10 Å². The van der Waals surface area contributed by atoms with Gasteiger partial charge < -0.3 is 10.2 Å². The van der Waals surface area contributed by atoms with Crippen molar-refractivity contribution in [2.75, 3.05) is 5.88 Å². The predicted octanol–water partition coefficient (Wildman–Crippen LogP) is 3.13. The van der Waals surface area contributed by atoms with Crippen molar-refractivity contribution in [3.05, 3.63) is 33.3 Å². The van der Waals surface area contributed by atoms with Gasteiger partial charge in [0.15, 0.2) is 0 Å². The van der Waals surface area contributed by atoms with E-state index in [1.165, 1.54) is 0 Å². The summed E-state index contributed by atoms with van der Waals surface area (Å²) in [6.45, 7) is 0. The summed E-state index contributed by atoms with van der Waals surface area (Å²) in [5.41, 5.74) is 0.512. The van der Waals surface area contributed by atoms with E-state index in [2.05, 4.69) is 15.9 Å². The molecule has 0 amide bonds. The zero-order chi connectivity index (χ0) is 11.4. The van der Waals surface area contributed by atoms with E-state index in [1.807, 2.05) is 0 Å². The van der Waals surface area contributed by atoms with Crippen LogP contribution in [0.3, 0.4) is 0 Å². The van der Waals surface area contributed by atoms with Crippen LogP contribution in [0.2, 0.25) is 5.02 Å². The van der Waals surface area contributed by atoms with Crippen LogP contribution in [0.25, 0.3) is 0 Å². The number of hydrogen-bond acceptors (Lipinski definition) is 2. The number of aliphatic hydroxyl groups excluding tert-OH is 2. The van der Waals surface area contributed by atoms with Gasteiger partial charge in [-0.25, -0.2) is 0 Å². The van der Waals surface area contributed by atoms with E-state index >= 15 is 0 Å². The van der Waals surface area contributed by atoms with Gasteiger partial charge in [0.05, 0.1) is 6.10 Å². The molecule has 0 saturated heterocycles. The number of aliphatic hydroxyl groups is 2. The lowest BCUT2D eigenvalue weighted by Crippen LogP contribution is -2.18. The molecule has 0 aliphatic rings. The molecule has 15 heavy (non-hydrogen) atoms. The average molecular weight is 314 g/mol. The molecule has 0 aliphatic heterocycles. The van der Waals surface area contributed by atoms with Gasteiger partial charge in [-0.3, -0.25) is 0 Å². The fraction of sp³-hybridized carbons (Fsp3) is 0.400. The molecule has 0 fully saturated rings. The van der Waals surface area contributed by atoms with Crippen molar-refractivity contribution in [2.24, 2.45) is 0 Å². The molecule has 0 heterocycles. The molecule has 0 bridgehead atoms. The normalized spacial score (nSPS) is 15.0. The van der Waals surface area contributed by atoms with Crippen LogP contribution in [-0.2, 0) is 0 Å². The first-order valence-corrected chi connectivity index (χ1v) is 6.14. The summed E-state index contributed by atoms with van der Waals surface area (Å²) in [7, 11) is 0. The van der Waals surface area contributed by atoms with E-state index in [4.69, 9.17) is 23.2 Å². The highest BCUT2D eigenvalue weighted by Gasteiger charge is 2.20. The lowest BCUT2D eigenvalue weighted by atomic mass is 10.0. The molecule has 0 aromatic heterocycles. The topological polar surface area (TPSA) is 40.5 Å². The van der Waals surface area contributed by atoms with Gasteiger partial charge in [0, 0.05) is 20.9 Å². The zero-order valence-corrected chi connectivity index (χ0v) is 10.9. The van der Waals surface area contributed by atoms with Crippen LogP contribution in [0.4, 0.5) is 0 Å². The summed E-state index contributed by atoms with van der Waals surface area (Å²) in [4.78, 5) is 0. The Kier molecular flexibility index (Phi) is 5.36. The van der Waals surface area contributed by atoms with Crippen LogP contribution < -0.4 is 0 Å². The van der Waals surface area contributed by atoms with Crippen molar-refractivity contribution in [3.8, 4) is 0 Å². The van der Waals surface area contributed by atoms with Crippen molar-refractivity contribution in [1.82, 2.24) is 0 Å². The Bertz CT molecular complexity index is 333. The highest BCUT2D eigenvalue weighted by molar-refractivity contribution is 9.10. The van der Waals surface area contributed by atoms with Gasteiger partial charge in [0.25, 0.3) is 0 Å². The van der Waals surface area contributed by atoms with Crippen LogP contribution in [0, 0.1) is 0 Å². The monoisotopic (exact) mass is 312 g/mol. The molecule has 2 atom stereocenters. The maximum Gasteiger partial charge on any atom is 0.106 e. The quantitative estimate of drug-likeness (QED) is 0.838. The first-order chi connectivity index (χ1) is 7.06. The Hall–Kier alpha value is 0.200. The maximum atomic E-state index is 9.78. The second kappa shape index (κ2) is 6.06. The molecule has 0 saturated carbocycles. The number of hydrogen-bond donors (Lipinski definition) is 2. The predicted molar refractivity (Wildman–Crippen MR) is 65.5 cm³/mol. The smallest absolute Gasteiger partial charge is 0.106 e. The highest BCUT2D eigenvalue weighted by atomic mass is 79.9. The molecular formula is C10H11BrCl2O2. The number of benzene rings is 1. The number of halogens is 3. The highest BCUT2D eigenvalue weighted by Crippen LogP contribution is 2.29. The van der Waals surface area contributed by atoms with Crippen molar-refractivity contribution in [3.63, 3.8) is 0 Å². The molecular weight excluding hydrogens is 303 g/mol. The Balaban J connectivity index is 2.86. The summed E-state index contributed by atoms with van der Waals surface area (Å²) in [5, 5.41) is 19.8. The van der Waals surface area contributed by atoms with E-state index in [1.54, 1.807) is 18.2 Å². The van der Waals surface area contributed by atoms with Crippen LogP contribution in [0.5, 0.6) is 0 Å². The zero-order valence-electron chi connectivity index (χ0n) is 7.83. The molecule has 5 heteroatoms. The van der Waals surface area contributed by atoms with Crippen molar-refractivity contribution >= 4 is 39.1 Å². The van der Waals surface area contributed by atoms with Crippen LogP contribution >= 0.6 is 39.1 Å². The average Bonchev–Trinajstić information content (AvgIpc) is 2.17. The van der Waals surface area contributed by atoms with E-state index in [0.29, 0.717) is 22.9 Å². The Labute approximate surface area is 107 Å². The third kappa shape index (κ3) is 3.61. The lowest BCUT2D eigenvalue weighted by molar-refractivity contribution is 0.0170. The Morgan fingerprint density at radius 2 is 2.00 bits per heavy atom. The minimum Gasteiger partial charge on any atom is -0.390 e. The van der Waals surface area contributed by atoms with Crippen LogP contribution in [0.1, 0.15) is 18.1 Å². The van der Waals surface area contributed by atoms with Gasteiger partial charge in [-0.15, -0.1) is 11.6 Å². The summed E-state index contributed by atoms with van der Waals surface area (Å²) >= 11 is 14.7. The third-order valence-electron chi connectivity index (χ3n) is 2.05. The SMILES string of the molecule is OC(CCCl)C(O)c1ccc(Br)cc1Cl. The van der Waals surface area contributed by atoms with Crippen molar-refractivity contribution in [1.29, 1.82) is 0 Å². The van der Waals surface area contributed by atoms with Gasteiger partial charge >= 0.3 is 0 Å². The summed E-state index contributed by atoms with van der Waals surface area (Å²) in [6, 6.07) is 5.11. The standard InChI is InChI=1S/C10H11BrCl2O2/c11-6-1-2-7(8(13)5-6)10(15)9(14)3-4-12/h1-2,5,9-10,14-15H,3-4H2. The first-order valence-electron chi connectivity index (χ1n) is 4.43. The minimum atomic E-state index is -0.996. The van der Waals surface area contributed by atoms with Crippen molar-refractivity contribution < 1.29 is 10.2 Å². The number of rotatable bonds is 4. The second-order valence-corrected chi connectivity index (χ2v) is 4.86. The number of alkyl halides is 1. The molecule has 2 nitrogen and oxygen atoms in total. The molecule has 2 unspecified atom stereocenters. The summed E-state index contributed by atoms with van der Waals surface area (Å²) < 4.78 is 0.829. The molecule has 1 aromatic rings. The van der Waals surface area contributed by atoms with Gasteiger partial charge in [-0.1, -0.05) is 33.6 Å². The van der Waals surface area contributed by atoms with Gasteiger partial charge in [-0.05, 0) is 18.6 Å². The largest absolute Gasteiger partial charge is 0.390 e. The van der Waals surface area contributed by atoms with Crippen LogP contribution in [-0.4, -0.2) is 22.2 Å². The van der Waals surface area contributed by atoms with Gasteiger partial charge in [0.2, 0.25) is 0 Å². The van der Waals surface area contributed by atoms with E-state index < -0.39 is 12.2 Å². The fourth-order valence-electron chi connectivity index (χ4n) is 1.22. The summed E-state index contributed by atoms with van der Waals surface area (Å²) in [5.74, 6) is 0.298. The van der Waals surface area contributed by atoms with Crippen LogP contribution in [0.15, 0.2) is 22.7 Å². The maximum absolute atomic E-state index is 9.78. The first kappa shape index (κ1) is 13.3. The minimum absolute atomic E-state index is 0.298. The van der Waals surface area contributed by atoms with Gasteiger partial charge in [-0.2, -0.15) is 0 Å².